The molecule has 0 bridgehead atoms. The van der Waals surface area contributed by atoms with Gasteiger partial charge in [0.15, 0.2) is 0 Å². The van der Waals surface area contributed by atoms with Crippen LogP contribution in [0, 0.1) is 0 Å². The van der Waals surface area contributed by atoms with Crippen LogP contribution in [0.25, 0.3) is 0 Å². The lowest BCUT2D eigenvalue weighted by Crippen LogP contribution is -2.17. The lowest BCUT2D eigenvalue weighted by molar-refractivity contribution is 0.0796. The lowest BCUT2D eigenvalue weighted by atomic mass is 9.98. The number of nitrogens with two attached hydrogens (primary N) is 1. The molecule has 4 nitrogen and oxygen atoms in total. The molecular weight excluding hydrogens is 214 g/mol. The van der Waals surface area contributed by atoms with Gasteiger partial charge in [0.2, 0.25) is 0 Å². The third-order valence-corrected chi connectivity index (χ3v) is 3.87. The van der Waals surface area contributed by atoms with Crippen LogP contribution in [0.1, 0.15) is 56.0 Å². The van der Waals surface area contributed by atoms with Gasteiger partial charge in [0, 0.05) is 25.0 Å². The molecule has 2 aliphatic rings. The van der Waals surface area contributed by atoms with Crippen LogP contribution < -0.4 is 5.73 Å². The minimum Gasteiger partial charge on any atom is -0.384 e. The zero-order valence-corrected chi connectivity index (χ0v) is 10.5. The number of imidazole rings is 1. The highest BCUT2D eigenvalue weighted by Gasteiger charge is 2.32. The number of anilines is 1. The van der Waals surface area contributed by atoms with E-state index in [-0.39, 0.29) is 0 Å². The maximum absolute atomic E-state index is 6.26. The highest BCUT2D eigenvalue weighted by molar-refractivity contribution is 5.42. The van der Waals surface area contributed by atoms with Crippen LogP contribution in [-0.2, 0) is 11.3 Å². The van der Waals surface area contributed by atoms with Gasteiger partial charge in [0.05, 0.1) is 12.3 Å². The van der Waals surface area contributed by atoms with Crippen LogP contribution in [-0.4, -0.2) is 22.8 Å². The number of nitrogens with zero attached hydrogens (tertiary/aromatic N) is 2. The molecular formula is C13H21N3O. The molecule has 1 aromatic rings. The molecule has 1 unspecified atom stereocenters. The summed E-state index contributed by atoms with van der Waals surface area (Å²) in [5.74, 6) is 3.17. The third-order valence-electron chi connectivity index (χ3n) is 3.87. The third kappa shape index (κ3) is 1.95. The maximum Gasteiger partial charge on any atom is 0.127 e. The molecule has 1 aliphatic carbocycles. The number of rotatable bonds is 3. The van der Waals surface area contributed by atoms with Crippen LogP contribution in [0.15, 0.2) is 0 Å². The van der Waals surface area contributed by atoms with E-state index >= 15 is 0 Å². The number of hydrogen-bond acceptors (Lipinski definition) is 3. The van der Waals surface area contributed by atoms with Crippen molar-refractivity contribution in [1.29, 1.82) is 0 Å². The number of ether oxygens (including phenoxy) is 1. The quantitative estimate of drug-likeness (QED) is 0.874. The Morgan fingerprint density at radius 2 is 2.18 bits per heavy atom. The Kier molecular flexibility index (Phi) is 2.82. The first-order valence-corrected chi connectivity index (χ1v) is 6.74. The van der Waals surface area contributed by atoms with Crippen LogP contribution >= 0.6 is 0 Å². The van der Waals surface area contributed by atoms with Crippen molar-refractivity contribution in [3.63, 3.8) is 0 Å². The average Bonchev–Trinajstić information content (AvgIpc) is 3.15. The normalized spacial score (nSPS) is 25.1. The van der Waals surface area contributed by atoms with Crippen molar-refractivity contribution in [2.45, 2.75) is 51.0 Å². The van der Waals surface area contributed by atoms with Crippen molar-refractivity contribution in [3.05, 3.63) is 11.5 Å². The molecule has 0 amide bonds. The summed E-state index contributed by atoms with van der Waals surface area (Å²) in [7, 11) is 0. The van der Waals surface area contributed by atoms with Gasteiger partial charge in [-0.3, -0.25) is 0 Å². The fraction of sp³-hybridized carbons (Fsp3) is 0.769. The van der Waals surface area contributed by atoms with Gasteiger partial charge in [0.25, 0.3) is 0 Å². The predicted octanol–water partition coefficient (Wildman–Crippen LogP) is 2.26. The molecule has 0 aromatic carbocycles. The Morgan fingerprint density at radius 1 is 1.35 bits per heavy atom. The van der Waals surface area contributed by atoms with Gasteiger partial charge in [-0.15, -0.1) is 0 Å². The van der Waals surface area contributed by atoms with Gasteiger partial charge in [-0.05, 0) is 32.6 Å². The zero-order chi connectivity index (χ0) is 11.8. The summed E-state index contributed by atoms with van der Waals surface area (Å²) >= 11 is 0. The van der Waals surface area contributed by atoms with E-state index in [0.717, 1.165) is 44.1 Å². The molecule has 2 heterocycles. The zero-order valence-electron chi connectivity index (χ0n) is 10.5. The average molecular weight is 235 g/mol. The Labute approximate surface area is 102 Å². The summed E-state index contributed by atoms with van der Waals surface area (Å²) in [5, 5.41) is 0. The summed E-state index contributed by atoms with van der Waals surface area (Å²) in [6, 6.07) is 0. The molecule has 1 saturated heterocycles. The minimum absolute atomic E-state index is 0.411. The number of hydrogen-bond donors (Lipinski definition) is 1. The topological polar surface area (TPSA) is 53.1 Å². The van der Waals surface area contributed by atoms with Gasteiger partial charge in [-0.25, -0.2) is 4.98 Å². The molecule has 0 spiro atoms. The second-order valence-corrected chi connectivity index (χ2v) is 5.17. The summed E-state index contributed by atoms with van der Waals surface area (Å²) < 4.78 is 7.74. The van der Waals surface area contributed by atoms with Gasteiger partial charge in [0.1, 0.15) is 11.6 Å². The number of aromatic nitrogens is 2. The maximum atomic E-state index is 6.26. The summed E-state index contributed by atoms with van der Waals surface area (Å²) in [6.45, 7) is 4.75. The molecule has 2 N–H and O–H groups in total. The monoisotopic (exact) mass is 235 g/mol. The largest absolute Gasteiger partial charge is 0.384 e. The van der Waals surface area contributed by atoms with Crippen LogP contribution in [0.3, 0.4) is 0 Å². The first kappa shape index (κ1) is 11.1. The first-order valence-electron chi connectivity index (χ1n) is 6.74. The fourth-order valence-electron chi connectivity index (χ4n) is 2.75. The molecule has 1 saturated carbocycles. The molecule has 4 heteroatoms. The highest BCUT2D eigenvalue weighted by atomic mass is 16.5. The van der Waals surface area contributed by atoms with Crippen molar-refractivity contribution in [2.24, 2.45) is 0 Å². The molecule has 1 atom stereocenters. The van der Waals surface area contributed by atoms with E-state index in [2.05, 4.69) is 11.5 Å². The van der Waals surface area contributed by atoms with E-state index in [1.165, 1.54) is 18.7 Å². The standard InChI is InChI=1S/C13H21N3O/c1-2-16-12(14)11(10-4-3-7-17-8-10)15-13(16)9-5-6-9/h9-10H,2-8,14H2,1H3. The summed E-state index contributed by atoms with van der Waals surface area (Å²) in [6.07, 6.45) is 4.84. The van der Waals surface area contributed by atoms with E-state index in [0.29, 0.717) is 11.8 Å². The molecule has 1 aromatic heterocycles. The highest BCUT2D eigenvalue weighted by Crippen LogP contribution is 2.42. The summed E-state index contributed by atoms with van der Waals surface area (Å²) in [4.78, 5) is 4.82. The van der Waals surface area contributed by atoms with Crippen LogP contribution in [0.2, 0.25) is 0 Å². The van der Waals surface area contributed by atoms with Gasteiger partial charge >= 0.3 is 0 Å². The van der Waals surface area contributed by atoms with E-state index in [4.69, 9.17) is 15.5 Å². The Bertz CT molecular complexity index is 403. The van der Waals surface area contributed by atoms with E-state index in [1.54, 1.807) is 0 Å². The van der Waals surface area contributed by atoms with Crippen LogP contribution in [0.5, 0.6) is 0 Å². The van der Waals surface area contributed by atoms with E-state index in [9.17, 15) is 0 Å². The smallest absolute Gasteiger partial charge is 0.127 e. The Morgan fingerprint density at radius 3 is 2.76 bits per heavy atom. The van der Waals surface area contributed by atoms with Crippen molar-refractivity contribution < 1.29 is 4.74 Å². The SMILES string of the molecule is CCn1c(C2CC2)nc(C2CCCOC2)c1N. The predicted molar refractivity (Wildman–Crippen MR) is 67.1 cm³/mol. The fourth-order valence-corrected chi connectivity index (χ4v) is 2.75. The second-order valence-electron chi connectivity index (χ2n) is 5.17. The Balaban J connectivity index is 1.92. The minimum atomic E-state index is 0.411. The van der Waals surface area contributed by atoms with Crippen molar-refractivity contribution >= 4 is 5.82 Å². The van der Waals surface area contributed by atoms with E-state index in [1.807, 2.05) is 0 Å². The molecule has 1 aliphatic heterocycles. The van der Waals surface area contributed by atoms with Crippen LogP contribution in [0.4, 0.5) is 5.82 Å². The van der Waals surface area contributed by atoms with Gasteiger partial charge in [-0.2, -0.15) is 0 Å². The van der Waals surface area contributed by atoms with Crippen molar-refractivity contribution in [2.75, 3.05) is 18.9 Å². The van der Waals surface area contributed by atoms with Gasteiger partial charge < -0.3 is 15.0 Å². The van der Waals surface area contributed by atoms with Crippen molar-refractivity contribution in [3.8, 4) is 0 Å². The molecule has 0 radical (unpaired) electrons. The summed E-state index contributed by atoms with van der Waals surface area (Å²) in [5.41, 5.74) is 7.35. The van der Waals surface area contributed by atoms with Crippen molar-refractivity contribution in [1.82, 2.24) is 9.55 Å². The second kappa shape index (κ2) is 4.33. The van der Waals surface area contributed by atoms with E-state index < -0.39 is 0 Å². The molecule has 94 valence electrons. The van der Waals surface area contributed by atoms with Gasteiger partial charge in [-0.1, -0.05) is 0 Å². The first-order chi connectivity index (χ1) is 8.31. The number of nitrogen functional groups attached to an aromatic ring is 1. The molecule has 2 fully saturated rings. The Hall–Kier alpha value is -1.03. The molecule has 3 rings (SSSR count). The lowest BCUT2D eigenvalue weighted by Gasteiger charge is -2.20. The molecule has 17 heavy (non-hydrogen) atoms.